The van der Waals surface area contributed by atoms with Gasteiger partial charge >= 0.3 is 6.43 Å². The van der Waals surface area contributed by atoms with Crippen molar-refractivity contribution in [3.63, 3.8) is 0 Å². The molecule has 1 amide bonds. The van der Waals surface area contributed by atoms with Gasteiger partial charge in [0.15, 0.2) is 0 Å². The summed E-state index contributed by atoms with van der Waals surface area (Å²) in [5.41, 5.74) is 0.463. The molecule has 1 aliphatic carbocycles. The van der Waals surface area contributed by atoms with Crippen molar-refractivity contribution in [2.75, 3.05) is 13.2 Å². The summed E-state index contributed by atoms with van der Waals surface area (Å²) in [5.74, 6) is -1.18. The number of hydrogen-bond acceptors (Lipinski definition) is 8. The van der Waals surface area contributed by atoms with Crippen molar-refractivity contribution in [1.29, 1.82) is 0 Å². The standard InChI is InChI=1S/C18H19F2N5O5S/c19-15(20)18-24-23-17(30-18)10-5-14-11(21-6-10)7-25(31(14,27)28)13-3-4-29-8-12(13)22-16(26)9-1-2-9/h5-6,9,12-13,15H,1-4,7-8H2,(H,22,26)/t12-,13-/m1/s1. The van der Waals surface area contributed by atoms with Crippen LogP contribution < -0.4 is 5.32 Å². The van der Waals surface area contributed by atoms with Crippen molar-refractivity contribution in [2.24, 2.45) is 5.92 Å². The molecule has 5 rings (SSSR count). The third kappa shape index (κ3) is 3.70. The zero-order chi connectivity index (χ0) is 21.8. The summed E-state index contributed by atoms with van der Waals surface area (Å²) >= 11 is 0. The lowest BCUT2D eigenvalue weighted by Crippen LogP contribution is -2.56. The van der Waals surface area contributed by atoms with Crippen LogP contribution in [0.3, 0.4) is 0 Å². The summed E-state index contributed by atoms with van der Waals surface area (Å²) in [6.45, 7) is 0.646. The number of amides is 1. The van der Waals surface area contributed by atoms with Gasteiger partial charge in [-0.05, 0) is 25.3 Å². The second-order valence-corrected chi connectivity index (χ2v) is 9.64. The summed E-state index contributed by atoms with van der Waals surface area (Å²) in [6, 6.07) is 0.361. The molecule has 1 saturated carbocycles. The van der Waals surface area contributed by atoms with Crippen LogP contribution in [0.25, 0.3) is 11.5 Å². The zero-order valence-corrected chi connectivity index (χ0v) is 17.0. The molecule has 2 aliphatic heterocycles. The molecule has 0 bridgehead atoms. The average molecular weight is 455 g/mol. The van der Waals surface area contributed by atoms with E-state index in [1.165, 1.54) is 16.6 Å². The molecule has 0 spiro atoms. The molecule has 3 aliphatic rings. The smallest absolute Gasteiger partial charge is 0.314 e. The average Bonchev–Trinajstić information content (AvgIpc) is 3.42. The van der Waals surface area contributed by atoms with Crippen molar-refractivity contribution >= 4 is 15.9 Å². The lowest BCUT2D eigenvalue weighted by Gasteiger charge is -2.37. The molecule has 13 heteroatoms. The van der Waals surface area contributed by atoms with E-state index < -0.39 is 34.4 Å². The van der Waals surface area contributed by atoms with Gasteiger partial charge in [-0.25, -0.2) is 8.42 Å². The Hall–Kier alpha value is -2.51. The van der Waals surface area contributed by atoms with Gasteiger partial charge in [-0.2, -0.15) is 13.1 Å². The topological polar surface area (TPSA) is 128 Å². The van der Waals surface area contributed by atoms with Gasteiger partial charge in [-0.3, -0.25) is 9.78 Å². The van der Waals surface area contributed by atoms with E-state index in [1.807, 2.05) is 0 Å². The minimum absolute atomic E-state index is 0.00767. The van der Waals surface area contributed by atoms with Crippen molar-refractivity contribution < 1.29 is 31.1 Å². The lowest BCUT2D eigenvalue weighted by atomic mass is 10.0. The molecular formula is C18H19F2N5O5S. The highest BCUT2D eigenvalue weighted by Gasteiger charge is 2.45. The summed E-state index contributed by atoms with van der Waals surface area (Å²) < 4.78 is 63.8. The Morgan fingerprint density at radius 3 is 2.77 bits per heavy atom. The molecule has 0 unspecified atom stereocenters. The van der Waals surface area contributed by atoms with Gasteiger partial charge in [0, 0.05) is 18.7 Å². The first kappa shape index (κ1) is 20.4. The Kier molecular flexibility index (Phi) is 4.98. The van der Waals surface area contributed by atoms with Crippen LogP contribution >= 0.6 is 0 Å². The SMILES string of the molecule is O=C(N[C@@H]1COCC[C@H]1N1Cc2ncc(-c3nnc(C(F)F)o3)cc2S1(=O)=O)C1CC1. The fourth-order valence-corrected chi connectivity index (χ4v) is 5.73. The highest BCUT2D eigenvalue weighted by molar-refractivity contribution is 7.89. The van der Waals surface area contributed by atoms with Gasteiger partial charge < -0.3 is 14.5 Å². The van der Waals surface area contributed by atoms with Crippen molar-refractivity contribution in [2.45, 2.75) is 49.2 Å². The predicted octanol–water partition coefficient (Wildman–Crippen LogP) is 1.26. The first-order valence-electron chi connectivity index (χ1n) is 9.85. The number of hydrogen-bond donors (Lipinski definition) is 1. The van der Waals surface area contributed by atoms with Crippen LogP contribution in [0, 0.1) is 5.92 Å². The number of pyridine rings is 1. The maximum atomic E-state index is 13.3. The molecule has 2 aromatic heterocycles. The maximum absolute atomic E-state index is 13.3. The van der Waals surface area contributed by atoms with Gasteiger partial charge in [-0.1, -0.05) is 0 Å². The van der Waals surface area contributed by atoms with Crippen LogP contribution in [0.4, 0.5) is 8.78 Å². The minimum Gasteiger partial charge on any atom is -0.415 e. The second-order valence-electron chi connectivity index (χ2n) is 7.79. The molecule has 2 atom stereocenters. The van der Waals surface area contributed by atoms with Gasteiger partial charge in [0.25, 0.3) is 5.89 Å². The summed E-state index contributed by atoms with van der Waals surface area (Å²) in [4.78, 5) is 16.4. The van der Waals surface area contributed by atoms with Gasteiger partial charge in [0.1, 0.15) is 4.90 Å². The number of carbonyl (C=O) groups is 1. The van der Waals surface area contributed by atoms with E-state index in [1.54, 1.807) is 0 Å². The Morgan fingerprint density at radius 2 is 2.06 bits per heavy atom. The highest BCUT2D eigenvalue weighted by atomic mass is 32.2. The Bertz CT molecular complexity index is 1120. The molecule has 4 heterocycles. The number of rotatable bonds is 5. The number of ether oxygens (including phenoxy) is 1. The third-order valence-electron chi connectivity index (χ3n) is 5.66. The predicted molar refractivity (Wildman–Crippen MR) is 99.1 cm³/mol. The number of alkyl halides is 2. The van der Waals surface area contributed by atoms with Gasteiger partial charge in [-0.15, -0.1) is 10.2 Å². The van der Waals surface area contributed by atoms with Crippen LogP contribution in [0.15, 0.2) is 21.6 Å². The fraction of sp³-hybridized carbons (Fsp3) is 0.556. The van der Waals surface area contributed by atoms with Crippen LogP contribution in [0.5, 0.6) is 0 Å². The van der Waals surface area contributed by atoms with E-state index in [2.05, 4.69) is 20.5 Å². The highest BCUT2D eigenvalue weighted by Crippen LogP contribution is 2.36. The van der Waals surface area contributed by atoms with Crippen LogP contribution in [-0.4, -0.2) is 59.1 Å². The minimum atomic E-state index is -3.93. The van der Waals surface area contributed by atoms with Crippen LogP contribution in [-0.2, 0) is 26.1 Å². The van der Waals surface area contributed by atoms with E-state index in [-0.39, 0.29) is 41.3 Å². The normalized spacial score (nSPS) is 25.5. The summed E-state index contributed by atoms with van der Waals surface area (Å²) in [5, 5.41) is 9.73. The van der Waals surface area contributed by atoms with Crippen molar-refractivity contribution in [3.05, 3.63) is 23.8 Å². The number of nitrogens with one attached hydrogen (secondary N) is 1. The number of fused-ring (bicyclic) bond motifs is 1. The monoisotopic (exact) mass is 455 g/mol. The molecule has 2 fully saturated rings. The lowest BCUT2D eigenvalue weighted by molar-refractivity contribution is -0.124. The van der Waals surface area contributed by atoms with Gasteiger partial charge in [0.05, 0.1) is 36.5 Å². The van der Waals surface area contributed by atoms with Crippen LogP contribution in [0.1, 0.15) is 37.3 Å². The van der Waals surface area contributed by atoms with E-state index in [0.29, 0.717) is 18.7 Å². The molecule has 2 aromatic rings. The molecular weight excluding hydrogens is 436 g/mol. The number of sulfonamides is 1. The van der Waals surface area contributed by atoms with E-state index >= 15 is 0 Å². The number of halogens is 2. The van der Waals surface area contributed by atoms with Crippen molar-refractivity contribution in [3.8, 4) is 11.5 Å². The largest absolute Gasteiger partial charge is 0.415 e. The first-order chi connectivity index (χ1) is 14.8. The van der Waals surface area contributed by atoms with E-state index in [0.717, 1.165) is 12.8 Å². The summed E-state index contributed by atoms with van der Waals surface area (Å²) in [6.07, 6.45) is 0.494. The molecule has 0 radical (unpaired) electrons. The zero-order valence-electron chi connectivity index (χ0n) is 16.2. The van der Waals surface area contributed by atoms with E-state index in [9.17, 15) is 22.0 Å². The summed E-state index contributed by atoms with van der Waals surface area (Å²) in [7, 11) is -3.93. The van der Waals surface area contributed by atoms with Crippen molar-refractivity contribution in [1.82, 2.24) is 24.8 Å². The molecule has 31 heavy (non-hydrogen) atoms. The Labute approximate surface area is 176 Å². The number of nitrogens with zero attached hydrogens (tertiary/aromatic N) is 4. The van der Waals surface area contributed by atoms with Gasteiger partial charge in [0.2, 0.25) is 21.8 Å². The fourth-order valence-electron chi connectivity index (χ4n) is 3.88. The Morgan fingerprint density at radius 1 is 1.26 bits per heavy atom. The Balaban J connectivity index is 1.42. The third-order valence-corrected chi connectivity index (χ3v) is 7.59. The van der Waals surface area contributed by atoms with Crippen LogP contribution in [0.2, 0.25) is 0 Å². The maximum Gasteiger partial charge on any atom is 0.314 e. The number of aromatic nitrogens is 3. The molecule has 166 valence electrons. The first-order valence-corrected chi connectivity index (χ1v) is 11.3. The molecule has 1 N–H and O–H groups in total. The number of carbonyl (C=O) groups excluding carboxylic acids is 1. The second kappa shape index (κ2) is 7.57. The molecule has 10 nitrogen and oxygen atoms in total. The molecule has 0 aromatic carbocycles. The van der Waals surface area contributed by atoms with E-state index in [4.69, 9.17) is 9.15 Å². The molecule has 1 saturated heterocycles. The quantitative estimate of drug-likeness (QED) is 0.714.